The third-order valence-electron chi connectivity index (χ3n) is 3.13. The van der Waals surface area contributed by atoms with Crippen molar-refractivity contribution in [1.82, 2.24) is 0 Å². The molecule has 4 heteroatoms. The molecule has 0 amide bonds. The first-order chi connectivity index (χ1) is 8.11. The van der Waals surface area contributed by atoms with E-state index < -0.39 is 11.8 Å². The van der Waals surface area contributed by atoms with Crippen LogP contribution in [0.5, 0.6) is 0 Å². The van der Waals surface area contributed by atoms with Crippen LogP contribution in [0, 0.1) is 11.7 Å². The number of benzene rings is 1. The number of rotatable bonds is 5. The van der Waals surface area contributed by atoms with E-state index in [1.54, 1.807) is 6.07 Å². The van der Waals surface area contributed by atoms with E-state index in [0.717, 1.165) is 12.8 Å². The first-order valence-electron chi connectivity index (χ1n) is 5.91. The van der Waals surface area contributed by atoms with Gasteiger partial charge in [0.1, 0.15) is 5.82 Å². The van der Waals surface area contributed by atoms with Gasteiger partial charge >= 0.3 is 5.97 Å². The van der Waals surface area contributed by atoms with Gasteiger partial charge in [0.05, 0.1) is 5.56 Å². The van der Waals surface area contributed by atoms with Crippen LogP contribution < -0.4 is 5.32 Å². The van der Waals surface area contributed by atoms with E-state index >= 15 is 0 Å². The van der Waals surface area contributed by atoms with Crippen LogP contribution in [0.15, 0.2) is 18.2 Å². The highest BCUT2D eigenvalue weighted by atomic mass is 19.1. The number of nitrogens with one attached hydrogen (secondary N) is 1. The summed E-state index contributed by atoms with van der Waals surface area (Å²) in [7, 11) is 0. The lowest BCUT2D eigenvalue weighted by Crippen LogP contribution is -2.06. The van der Waals surface area contributed by atoms with Crippen molar-refractivity contribution in [2.24, 2.45) is 5.92 Å². The van der Waals surface area contributed by atoms with Crippen LogP contribution in [0.1, 0.15) is 36.5 Å². The van der Waals surface area contributed by atoms with Gasteiger partial charge in [-0.3, -0.25) is 0 Å². The third-order valence-corrected chi connectivity index (χ3v) is 3.13. The van der Waals surface area contributed by atoms with Crippen molar-refractivity contribution in [1.29, 1.82) is 0 Å². The van der Waals surface area contributed by atoms with Crippen molar-refractivity contribution in [3.63, 3.8) is 0 Å². The molecule has 0 bridgehead atoms. The topological polar surface area (TPSA) is 49.3 Å². The first kappa shape index (κ1) is 11.9. The molecule has 0 spiro atoms. The highest BCUT2D eigenvalue weighted by Gasteiger charge is 2.35. The summed E-state index contributed by atoms with van der Waals surface area (Å²) in [5, 5.41) is 11.9. The number of hydrogen-bond acceptors (Lipinski definition) is 2. The smallest absolute Gasteiger partial charge is 0.338 e. The Balaban J connectivity index is 1.99. The molecule has 0 radical (unpaired) electrons. The van der Waals surface area contributed by atoms with Crippen LogP contribution >= 0.6 is 0 Å². The lowest BCUT2D eigenvalue weighted by molar-refractivity contribution is 0.0692. The normalized spacial score (nSPS) is 22.2. The van der Waals surface area contributed by atoms with Crippen LogP contribution in [0.2, 0.25) is 0 Å². The molecule has 1 aliphatic rings. The maximum atomic E-state index is 13.4. The van der Waals surface area contributed by atoms with Gasteiger partial charge in [-0.1, -0.05) is 13.3 Å². The molecule has 1 fully saturated rings. The van der Waals surface area contributed by atoms with Crippen molar-refractivity contribution >= 4 is 11.7 Å². The monoisotopic (exact) mass is 237 g/mol. The highest BCUT2D eigenvalue weighted by Crippen LogP contribution is 2.37. The van der Waals surface area contributed by atoms with E-state index in [-0.39, 0.29) is 5.56 Å². The standard InChI is InChI=1S/C13H16FNO2/c1-2-3-8-6-12(8)15-9-4-5-10(13(16)17)11(14)7-9/h4-5,7-8,12,15H,2-3,6H2,1H3,(H,16,17). The number of hydrogen-bond donors (Lipinski definition) is 2. The summed E-state index contributed by atoms with van der Waals surface area (Å²) in [5.41, 5.74) is 0.382. The summed E-state index contributed by atoms with van der Waals surface area (Å²) in [6.45, 7) is 2.15. The largest absolute Gasteiger partial charge is 0.478 e. The Morgan fingerprint density at radius 1 is 1.59 bits per heavy atom. The second-order valence-corrected chi connectivity index (χ2v) is 4.54. The molecule has 0 aromatic heterocycles. The molecule has 17 heavy (non-hydrogen) atoms. The Morgan fingerprint density at radius 2 is 2.35 bits per heavy atom. The molecule has 0 heterocycles. The summed E-state index contributed by atoms with van der Waals surface area (Å²) in [5.74, 6) is -1.23. The zero-order chi connectivity index (χ0) is 12.4. The van der Waals surface area contributed by atoms with E-state index in [1.165, 1.54) is 18.6 Å². The van der Waals surface area contributed by atoms with Crippen LogP contribution in [0.4, 0.5) is 10.1 Å². The van der Waals surface area contributed by atoms with Gasteiger partial charge in [0.2, 0.25) is 0 Å². The molecule has 0 aliphatic heterocycles. The van der Waals surface area contributed by atoms with Crippen molar-refractivity contribution in [2.45, 2.75) is 32.2 Å². The lowest BCUT2D eigenvalue weighted by atomic mass is 10.2. The predicted molar refractivity (Wildman–Crippen MR) is 63.8 cm³/mol. The average Bonchev–Trinajstić information content (AvgIpc) is 2.96. The molecule has 1 saturated carbocycles. The van der Waals surface area contributed by atoms with Gasteiger partial charge < -0.3 is 10.4 Å². The summed E-state index contributed by atoms with van der Waals surface area (Å²) in [4.78, 5) is 10.6. The quantitative estimate of drug-likeness (QED) is 0.827. The zero-order valence-corrected chi connectivity index (χ0v) is 9.74. The Bertz CT molecular complexity index is 433. The SMILES string of the molecule is CCCC1CC1Nc1ccc(C(=O)O)c(F)c1. The Kier molecular flexibility index (Phi) is 3.31. The van der Waals surface area contributed by atoms with Crippen molar-refractivity contribution < 1.29 is 14.3 Å². The molecule has 1 aliphatic carbocycles. The zero-order valence-electron chi connectivity index (χ0n) is 9.74. The Labute approximate surface area is 99.7 Å². The minimum atomic E-state index is -1.23. The van der Waals surface area contributed by atoms with E-state index in [1.807, 2.05) is 0 Å². The van der Waals surface area contributed by atoms with Gasteiger partial charge in [0.15, 0.2) is 0 Å². The maximum Gasteiger partial charge on any atom is 0.338 e. The summed E-state index contributed by atoms with van der Waals surface area (Å²) >= 11 is 0. The van der Waals surface area contributed by atoms with Crippen LogP contribution in [-0.4, -0.2) is 17.1 Å². The molecular formula is C13H16FNO2. The fourth-order valence-corrected chi connectivity index (χ4v) is 2.11. The summed E-state index contributed by atoms with van der Waals surface area (Å²) in [6.07, 6.45) is 3.47. The van der Waals surface area contributed by atoms with E-state index in [9.17, 15) is 9.18 Å². The Morgan fingerprint density at radius 3 is 2.94 bits per heavy atom. The molecule has 2 rings (SSSR count). The van der Waals surface area contributed by atoms with Gasteiger partial charge in [-0.05, 0) is 37.0 Å². The molecule has 92 valence electrons. The highest BCUT2D eigenvalue weighted by molar-refractivity contribution is 5.88. The molecule has 0 saturated heterocycles. The second-order valence-electron chi connectivity index (χ2n) is 4.54. The number of anilines is 1. The minimum absolute atomic E-state index is 0.281. The van der Waals surface area contributed by atoms with Gasteiger partial charge in [0, 0.05) is 11.7 Å². The van der Waals surface area contributed by atoms with Crippen molar-refractivity contribution in [3.8, 4) is 0 Å². The van der Waals surface area contributed by atoms with E-state index in [0.29, 0.717) is 17.6 Å². The Hall–Kier alpha value is -1.58. The average molecular weight is 237 g/mol. The molecule has 2 unspecified atom stereocenters. The van der Waals surface area contributed by atoms with Crippen molar-refractivity contribution in [2.75, 3.05) is 5.32 Å². The molecule has 3 nitrogen and oxygen atoms in total. The lowest BCUT2D eigenvalue weighted by Gasteiger charge is -2.06. The first-order valence-corrected chi connectivity index (χ1v) is 5.91. The maximum absolute atomic E-state index is 13.4. The number of halogens is 1. The molecule has 1 aromatic rings. The number of carboxylic acids is 1. The minimum Gasteiger partial charge on any atom is -0.478 e. The summed E-state index contributed by atoms with van der Waals surface area (Å²) in [6, 6.07) is 4.60. The second kappa shape index (κ2) is 4.73. The molecule has 2 N–H and O–H groups in total. The van der Waals surface area contributed by atoms with Gasteiger partial charge in [-0.2, -0.15) is 0 Å². The fourth-order valence-electron chi connectivity index (χ4n) is 2.11. The number of carbonyl (C=O) groups is 1. The molecule has 2 atom stereocenters. The van der Waals surface area contributed by atoms with Crippen molar-refractivity contribution in [3.05, 3.63) is 29.6 Å². The van der Waals surface area contributed by atoms with Gasteiger partial charge in [-0.15, -0.1) is 0 Å². The number of carboxylic acid groups (broad SMARTS) is 1. The van der Waals surface area contributed by atoms with Crippen LogP contribution in [0.3, 0.4) is 0 Å². The van der Waals surface area contributed by atoms with E-state index in [2.05, 4.69) is 12.2 Å². The molecule has 1 aromatic carbocycles. The van der Waals surface area contributed by atoms with Gasteiger partial charge in [0.25, 0.3) is 0 Å². The third kappa shape index (κ3) is 2.75. The van der Waals surface area contributed by atoms with E-state index in [4.69, 9.17) is 5.11 Å². The van der Waals surface area contributed by atoms with Crippen LogP contribution in [-0.2, 0) is 0 Å². The molecular weight excluding hydrogens is 221 g/mol. The fraction of sp³-hybridized carbons (Fsp3) is 0.462. The number of aromatic carboxylic acids is 1. The van der Waals surface area contributed by atoms with Crippen LogP contribution in [0.25, 0.3) is 0 Å². The summed E-state index contributed by atoms with van der Waals surface area (Å²) < 4.78 is 13.4. The van der Waals surface area contributed by atoms with Gasteiger partial charge in [-0.25, -0.2) is 9.18 Å². The predicted octanol–water partition coefficient (Wildman–Crippen LogP) is 3.12.